The van der Waals surface area contributed by atoms with Crippen LogP contribution in [0.2, 0.25) is 0 Å². The van der Waals surface area contributed by atoms with E-state index in [4.69, 9.17) is 26.4 Å². The van der Waals surface area contributed by atoms with Gasteiger partial charge in [-0.2, -0.15) is 0 Å². The highest BCUT2D eigenvalue weighted by Gasteiger charge is 2.38. The molecule has 1 amide bonds. The van der Waals surface area contributed by atoms with Gasteiger partial charge in [-0.15, -0.1) is 0 Å². The zero-order chi connectivity index (χ0) is 22.5. The number of fused-ring (bicyclic) bond motifs is 3. The number of hydrogen-bond donors (Lipinski definition) is 0. The zero-order valence-electron chi connectivity index (χ0n) is 18.2. The van der Waals surface area contributed by atoms with Crippen LogP contribution >= 0.6 is 35.7 Å². The Bertz CT molecular complexity index is 1040. The molecule has 2 heterocycles. The van der Waals surface area contributed by atoms with Gasteiger partial charge in [0, 0.05) is 25.1 Å². The topological polar surface area (TPSA) is 51.2 Å². The lowest BCUT2D eigenvalue weighted by Gasteiger charge is -2.21. The Morgan fingerprint density at radius 3 is 2.44 bits per heavy atom. The van der Waals surface area contributed by atoms with Crippen molar-refractivity contribution in [3.63, 3.8) is 0 Å². The maximum absolute atomic E-state index is 13.1. The first-order valence-electron chi connectivity index (χ1n) is 10.5. The highest BCUT2D eigenvalue weighted by Crippen LogP contribution is 2.52. The summed E-state index contributed by atoms with van der Waals surface area (Å²) in [5.74, 6) is -0.0143. The summed E-state index contributed by atoms with van der Waals surface area (Å²) in [7, 11) is 1.65. The van der Waals surface area contributed by atoms with E-state index >= 15 is 0 Å². The van der Waals surface area contributed by atoms with E-state index in [1.54, 1.807) is 23.8 Å². The molecule has 0 N–H and O–H groups in total. The lowest BCUT2D eigenvalue weighted by molar-refractivity contribution is -0.122. The fourth-order valence-corrected chi connectivity index (χ4v) is 6.48. The molecule has 1 saturated heterocycles. The SMILES string of the molecule is CCN1C(=O)C(=C2Sc3c(ccc4ccccc34)N2CCOCCOCCOC)SC1=S. The first-order chi connectivity index (χ1) is 15.7. The smallest absolute Gasteiger partial charge is 0.268 e. The van der Waals surface area contributed by atoms with E-state index in [-0.39, 0.29) is 5.91 Å². The molecule has 0 unspecified atom stereocenters. The number of anilines is 1. The molecule has 1 fully saturated rings. The zero-order valence-corrected chi connectivity index (χ0v) is 20.6. The van der Waals surface area contributed by atoms with Crippen LogP contribution in [0, 0.1) is 0 Å². The fraction of sp³-hybridized carbons (Fsp3) is 0.391. The average Bonchev–Trinajstić information content (AvgIpc) is 3.31. The molecule has 0 radical (unpaired) electrons. The third kappa shape index (κ3) is 4.83. The van der Waals surface area contributed by atoms with Crippen molar-refractivity contribution in [2.45, 2.75) is 11.8 Å². The molecule has 0 aliphatic carbocycles. The molecule has 0 aromatic heterocycles. The predicted molar refractivity (Wildman–Crippen MR) is 135 cm³/mol. The van der Waals surface area contributed by atoms with Crippen LogP contribution in [0.5, 0.6) is 0 Å². The molecule has 2 aliphatic rings. The molecule has 4 rings (SSSR count). The number of ether oxygens (including phenoxy) is 3. The number of nitrogens with zero attached hydrogens (tertiary/aromatic N) is 2. The van der Waals surface area contributed by atoms with Crippen molar-refractivity contribution in [1.82, 2.24) is 4.90 Å². The second kappa shape index (κ2) is 11.0. The summed E-state index contributed by atoms with van der Waals surface area (Å²) in [6, 6.07) is 12.6. The number of thiocarbonyl (C=S) groups is 1. The van der Waals surface area contributed by atoms with E-state index < -0.39 is 0 Å². The molecular formula is C23H26N2O4S3. The van der Waals surface area contributed by atoms with E-state index in [2.05, 4.69) is 35.2 Å². The summed E-state index contributed by atoms with van der Waals surface area (Å²) in [5, 5.41) is 3.31. The molecule has 32 heavy (non-hydrogen) atoms. The molecule has 2 aromatic rings. The maximum Gasteiger partial charge on any atom is 0.268 e. The van der Waals surface area contributed by atoms with Gasteiger partial charge in [0.2, 0.25) is 0 Å². The summed E-state index contributed by atoms with van der Waals surface area (Å²) in [4.78, 5) is 18.8. The second-order valence-corrected chi connectivity index (χ2v) is 9.80. The Hall–Kier alpha value is -1.62. The summed E-state index contributed by atoms with van der Waals surface area (Å²) < 4.78 is 16.9. The number of thioether (sulfide) groups is 2. The second-order valence-electron chi connectivity index (χ2n) is 7.16. The van der Waals surface area contributed by atoms with Crippen LogP contribution in [0.3, 0.4) is 0 Å². The quantitative estimate of drug-likeness (QED) is 0.275. The van der Waals surface area contributed by atoms with Crippen molar-refractivity contribution >= 4 is 62.4 Å². The van der Waals surface area contributed by atoms with Crippen LogP contribution in [0.25, 0.3) is 10.8 Å². The minimum Gasteiger partial charge on any atom is -0.382 e. The van der Waals surface area contributed by atoms with E-state index in [1.165, 1.54) is 27.4 Å². The van der Waals surface area contributed by atoms with Gasteiger partial charge in [0.15, 0.2) is 0 Å². The van der Waals surface area contributed by atoms with Crippen LogP contribution in [0.15, 0.2) is 51.2 Å². The Morgan fingerprint density at radius 1 is 0.938 bits per heavy atom. The van der Waals surface area contributed by atoms with Crippen molar-refractivity contribution in [3.8, 4) is 0 Å². The Balaban J connectivity index is 1.55. The molecule has 0 saturated carbocycles. The molecule has 170 valence electrons. The van der Waals surface area contributed by atoms with Crippen molar-refractivity contribution < 1.29 is 19.0 Å². The number of rotatable bonds is 10. The number of likely N-dealkylation sites (N-methyl/N-ethyl adjacent to an activating group) is 1. The monoisotopic (exact) mass is 490 g/mol. The normalized spacial score (nSPS) is 18.3. The molecule has 0 spiro atoms. The van der Waals surface area contributed by atoms with Gasteiger partial charge in [0.1, 0.15) is 14.3 Å². The van der Waals surface area contributed by atoms with Gasteiger partial charge in [-0.25, -0.2) is 0 Å². The minimum absolute atomic E-state index is 0.0143. The van der Waals surface area contributed by atoms with Gasteiger partial charge in [-0.05, 0) is 23.8 Å². The minimum atomic E-state index is -0.0143. The number of carbonyl (C=O) groups is 1. The first kappa shape index (κ1) is 23.5. The van der Waals surface area contributed by atoms with Crippen LogP contribution in [-0.2, 0) is 19.0 Å². The highest BCUT2D eigenvalue weighted by molar-refractivity contribution is 8.27. The van der Waals surface area contributed by atoms with Crippen LogP contribution in [0.4, 0.5) is 5.69 Å². The molecule has 0 atom stereocenters. The predicted octanol–water partition coefficient (Wildman–Crippen LogP) is 4.48. The van der Waals surface area contributed by atoms with Crippen LogP contribution < -0.4 is 4.90 Å². The standard InChI is InChI=1S/C23H26N2O4S3/c1-3-24-21(26)20(32-23(24)30)22-25(10-11-28-14-15-29-13-12-27-2)18-9-8-16-6-4-5-7-17(16)19(18)31-22/h4-9H,3,10-15H2,1-2H3. The van der Waals surface area contributed by atoms with Gasteiger partial charge in [0.25, 0.3) is 5.91 Å². The summed E-state index contributed by atoms with van der Waals surface area (Å²) in [5.41, 5.74) is 1.10. The summed E-state index contributed by atoms with van der Waals surface area (Å²) in [6.07, 6.45) is 0. The Morgan fingerprint density at radius 2 is 1.69 bits per heavy atom. The van der Waals surface area contributed by atoms with E-state index in [1.807, 2.05) is 13.0 Å². The van der Waals surface area contributed by atoms with Crippen molar-refractivity contribution in [2.24, 2.45) is 0 Å². The average molecular weight is 491 g/mol. The summed E-state index contributed by atoms with van der Waals surface area (Å²) in [6.45, 7) is 5.88. The van der Waals surface area contributed by atoms with Crippen molar-refractivity contribution in [2.75, 3.05) is 58.1 Å². The molecule has 2 aromatic carbocycles. The van der Waals surface area contributed by atoms with Crippen LogP contribution in [-0.4, -0.2) is 68.4 Å². The van der Waals surface area contributed by atoms with Gasteiger partial charge in [-0.3, -0.25) is 9.69 Å². The lowest BCUT2D eigenvalue weighted by atomic mass is 10.1. The third-order valence-electron chi connectivity index (χ3n) is 5.22. The number of carbonyl (C=O) groups excluding carboxylic acids is 1. The van der Waals surface area contributed by atoms with E-state index in [9.17, 15) is 4.79 Å². The third-order valence-corrected chi connectivity index (χ3v) is 8.03. The largest absolute Gasteiger partial charge is 0.382 e. The van der Waals surface area contributed by atoms with Gasteiger partial charge >= 0.3 is 0 Å². The number of hydrogen-bond acceptors (Lipinski definition) is 8. The van der Waals surface area contributed by atoms with Crippen molar-refractivity contribution in [3.05, 3.63) is 46.3 Å². The first-order valence-corrected chi connectivity index (χ1v) is 12.6. The molecule has 2 aliphatic heterocycles. The van der Waals surface area contributed by atoms with E-state index in [0.29, 0.717) is 55.3 Å². The van der Waals surface area contributed by atoms with Gasteiger partial charge in [0.05, 0.1) is 38.7 Å². The molecular weight excluding hydrogens is 464 g/mol. The summed E-state index contributed by atoms with van der Waals surface area (Å²) >= 11 is 8.50. The number of benzene rings is 2. The Labute approximate surface area is 202 Å². The highest BCUT2D eigenvalue weighted by atomic mass is 32.2. The maximum atomic E-state index is 13.1. The molecule has 6 nitrogen and oxygen atoms in total. The van der Waals surface area contributed by atoms with E-state index in [0.717, 1.165) is 10.7 Å². The molecule has 9 heteroatoms. The molecule has 0 bridgehead atoms. The van der Waals surface area contributed by atoms with Crippen LogP contribution in [0.1, 0.15) is 6.92 Å². The fourth-order valence-electron chi connectivity index (χ4n) is 3.62. The Kier molecular flexibility index (Phi) is 8.09. The van der Waals surface area contributed by atoms with Gasteiger partial charge < -0.3 is 19.1 Å². The lowest BCUT2D eigenvalue weighted by Crippen LogP contribution is -2.29. The number of methoxy groups -OCH3 is 1. The number of amides is 1. The van der Waals surface area contributed by atoms with Crippen molar-refractivity contribution in [1.29, 1.82) is 0 Å². The van der Waals surface area contributed by atoms with Gasteiger partial charge in [-0.1, -0.05) is 66.1 Å².